The van der Waals surface area contributed by atoms with E-state index in [1.165, 1.54) is 5.71 Å². The maximum absolute atomic E-state index is 5.77. The van der Waals surface area contributed by atoms with Gasteiger partial charge in [-0.3, -0.25) is 4.99 Å². The van der Waals surface area contributed by atoms with Crippen LogP contribution >= 0.6 is 0 Å². The van der Waals surface area contributed by atoms with E-state index in [1.807, 2.05) is 0 Å². The number of nitrogens with zero attached hydrogens (tertiary/aromatic N) is 1. The summed E-state index contributed by atoms with van der Waals surface area (Å²) in [6.45, 7) is 11.4. The minimum absolute atomic E-state index is 0.227. The Balaban J connectivity index is 4.25. The molecule has 1 unspecified atom stereocenters. The first-order valence-electron chi connectivity index (χ1n) is 5.34. The standard InChI is InChI=1S/C11H23NO/c1-6-10(12-8-3)11(7-2)13-9(4)5/h9,11H,6-8H2,1-5H3. The summed E-state index contributed by atoms with van der Waals surface area (Å²) in [7, 11) is 0. The zero-order chi connectivity index (χ0) is 10.3. The Morgan fingerprint density at radius 2 is 1.85 bits per heavy atom. The van der Waals surface area contributed by atoms with E-state index in [9.17, 15) is 0 Å². The molecule has 0 saturated carbocycles. The van der Waals surface area contributed by atoms with Crippen LogP contribution in [0.1, 0.15) is 47.5 Å². The van der Waals surface area contributed by atoms with Gasteiger partial charge < -0.3 is 4.74 Å². The first-order chi connectivity index (χ1) is 6.15. The fraction of sp³-hybridized carbons (Fsp3) is 0.909. The summed E-state index contributed by atoms with van der Waals surface area (Å²) < 4.78 is 5.77. The fourth-order valence-corrected chi connectivity index (χ4v) is 1.38. The molecule has 0 aliphatic carbocycles. The molecule has 0 heterocycles. The van der Waals surface area contributed by atoms with Crippen LogP contribution in [0.15, 0.2) is 4.99 Å². The van der Waals surface area contributed by atoms with Crippen molar-refractivity contribution in [2.75, 3.05) is 6.54 Å². The van der Waals surface area contributed by atoms with E-state index in [2.05, 4.69) is 39.6 Å². The lowest BCUT2D eigenvalue weighted by molar-refractivity contribution is 0.0437. The molecule has 0 aromatic heterocycles. The molecule has 2 nitrogen and oxygen atoms in total. The zero-order valence-corrected chi connectivity index (χ0v) is 9.63. The highest BCUT2D eigenvalue weighted by atomic mass is 16.5. The molecule has 0 rings (SSSR count). The topological polar surface area (TPSA) is 21.6 Å². The minimum atomic E-state index is 0.227. The van der Waals surface area contributed by atoms with Crippen molar-refractivity contribution in [1.82, 2.24) is 0 Å². The van der Waals surface area contributed by atoms with Gasteiger partial charge in [0, 0.05) is 12.3 Å². The third kappa shape index (κ3) is 5.04. The second kappa shape index (κ2) is 7.07. The van der Waals surface area contributed by atoms with E-state index >= 15 is 0 Å². The van der Waals surface area contributed by atoms with Crippen molar-refractivity contribution in [2.45, 2.75) is 59.7 Å². The van der Waals surface area contributed by atoms with E-state index in [4.69, 9.17) is 4.74 Å². The molecule has 0 aliphatic rings. The predicted octanol–water partition coefficient (Wildman–Crippen LogP) is 3.06. The molecule has 0 aromatic carbocycles. The molecular weight excluding hydrogens is 162 g/mol. The van der Waals surface area contributed by atoms with Crippen LogP contribution in [-0.4, -0.2) is 24.5 Å². The lowest BCUT2D eigenvalue weighted by atomic mass is 10.1. The normalized spacial score (nSPS) is 15.1. The van der Waals surface area contributed by atoms with Crippen molar-refractivity contribution in [3.63, 3.8) is 0 Å². The summed E-state index contributed by atoms with van der Waals surface area (Å²) in [5, 5.41) is 0. The van der Waals surface area contributed by atoms with Gasteiger partial charge in [-0.15, -0.1) is 0 Å². The predicted molar refractivity (Wildman–Crippen MR) is 58.6 cm³/mol. The van der Waals surface area contributed by atoms with Gasteiger partial charge in [-0.1, -0.05) is 13.8 Å². The van der Waals surface area contributed by atoms with Crippen LogP contribution in [0.2, 0.25) is 0 Å². The van der Waals surface area contributed by atoms with Crippen LogP contribution in [0.25, 0.3) is 0 Å². The number of rotatable bonds is 6. The summed E-state index contributed by atoms with van der Waals surface area (Å²) in [4.78, 5) is 4.46. The molecule has 78 valence electrons. The molecule has 1 atom stereocenters. The third-order valence-corrected chi connectivity index (χ3v) is 1.90. The van der Waals surface area contributed by atoms with Crippen molar-refractivity contribution in [3.8, 4) is 0 Å². The van der Waals surface area contributed by atoms with Crippen LogP contribution in [0.4, 0.5) is 0 Å². The second-order valence-corrected chi connectivity index (χ2v) is 3.40. The average molecular weight is 185 g/mol. The summed E-state index contributed by atoms with van der Waals surface area (Å²) in [5.41, 5.74) is 1.21. The third-order valence-electron chi connectivity index (χ3n) is 1.90. The van der Waals surface area contributed by atoms with Gasteiger partial charge in [0.1, 0.15) is 0 Å². The Hall–Kier alpha value is -0.370. The van der Waals surface area contributed by atoms with E-state index in [0.29, 0.717) is 6.10 Å². The molecule has 2 heteroatoms. The Kier molecular flexibility index (Phi) is 6.87. The highest BCUT2D eigenvalue weighted by Crippen LogP contribution is 2.07. The molecular formula is C11H23NO. The van der Waals surface area contributed by atoms with Gasteiger partial charge in [0.2, 0.25) is 0 Å². The van der Waals surface area contributed by atoms with Gasteiger partial charge in [0.15, 0.2) is 0 Å². The Morgan fingerprint density at radius 3 is 2.15 bits per heavy atom. The second-order valence-electron chi connectivity index (χ2n) is 3.40. The SMILES string of the molecule is CCN=C(CC)C(CC)OC(C)C. The van der Waals surface area contributed by atoms with Gasteiger partial charge in [-0.25, -0.2) is 0 Å². The maximum Gasteiger partial charge on any atom is 0.0952 e. The van der Waals surface area contributed by atoms with Gasteiger partial charge in [-0.2, -0.15) is 0 Å². The molecule has 0 fully saturated rings. The molecule has 0 radical (unpaired) electrons. The van der Waals surface area contributed by atoms with Crippen molar-refractivity contribution < 1.29 is 4.74 Å². The lowest BCUT2D eigenvalue weighted by Crippen LogP contribution is -2.26. The Morgan fingerprint density at radius 1 is 1.23 bits per heavy atom. The van der Waals surface area contributed by atoms with Gasteiger partial charge >= 0.3 is 0 Å². The Bertz CT molecular complexity index is 152. The molecule has 0 spiro atoms. The molecule has 0 saturated heterocycles. The summed E-state index contributed by atoms with van der Waals surface area (Å²) in [5.74, 6) is 0. The van der Waals surface area contributed by atoms with Crippen LogP contribution in [0, 0.1) is 0 Å². The summed E-state index contributed by atoms with van der Waals surface area (Å²) in [6, 6.07) is 0. The average Bonchev–Trinajstić information content (AvgIpc) is 2.10. The highest BCUT2D eigenvalue weighted by molar-refractivity contribution is 5.88. The molecule has 13 heavy (non-hydrogen) atoms. The van der Waals surface area contributed by atoms with Crippen molar-refractivity contribution in [1.29, 1.82) is 0 Å². The zero-order valence-electron chi connectivity index (χ0n) is 9.63. The smallest absolute Gasteiger partial charge is 0.0952 e. The van der Waals surface area contributed by atoms with Crippen molar-refractivity contribution >= 4 is 5.71 Å². The van der Waals surface area contributed by atoms with Gasteiger partial charge in [0.25, 0.3) is 0 Å². The van der Waals surface area contributed by atoms with E-state index in [0.717, 1.165) is 19.4 Å². The Labute approximate surface area is 82.4 Å². The fourth-order valence-electron chi connectivity index (χ4n) is 1.38. The van der Waals surface area contributed by atoms with Gasteiger partial charge in [0.05, 0.1) is 12.2 Å². The summed E-state index contributed by atoms with van der Waals surface area (Å²) >= 11 is 0. The highest BCUT2D eigenvalue weighted by Gasteiger charge is 2.13. The van der Waals surface area contributed by atoms with Crippen molar-refractivity contribution in [2.24, 2.45) is 4.99 Å². The van der Waals surface area contributed by atoms with Crippen LogP contribution in [-0.2, 0) is 4.74 Å². The summed E-state index contributed by atoms with van der Waals surface area (Å²) in [6.07, 6.45) is 2.53. The lowest BCUT2D eigenvalue weighted by Gasteiger charge is -2.20. The number of hydrogen-bond donors (Lipinski definition) is 0. The van der Waals surface area contributed by atoms with Crippen LogP contribution in [0.3, 0.4) is 0 Å². The molecule has 0 N–H and O–H groups in total. The molecule has 0 amide bonds. The first kappa shape index (κ1) is 12.6. The van der Waals surface area contributed by atoms with Crippen molar-refractivity contribution in [3.05, 3.63) is 0 Å². The van der Waals surface area contributed by atoms with E-state index in [-0.39, 0.29) is 6.10 Å². The molecule has 0 bridgehead atoms. The quantitative estimate of drug-likeness (QED) is 0.583. The van der Waals surface area contributed by atoms with E-state index < -0.39 is 0 Å². The number of hydrogen-bond acceptors (Lipinski definition) is 2. The largest absolute Gasteiger partial charge is 0.370 e. The monoisotopic (exact) mass is 185 g/mol. The van der Waals surface area contributed by atoms with Gasteiger partial charge in [-0.05, 0) is 33.6 Å². The number of aliphatic imine (C=N–C) groups is 1. The van der Waals surface area contributed by atoms with Crippen LogP contribution in [0.5, 0.6) is 0 Å². The molecule has 0 aliphatic heterocycles. The van der Waals surface area contributed by atoms with E-state index in [1.54, 1.807) is 0 Å². The minimum Gasteiger partial charge on any atom is -0.370 e. The van der Waals surface area contributed by atoms with Crippen LogP contribution < -0.4 is 0 Å². The number of ether oxygens (including phenoxy) is 1. The maximum atomic E-state index is 5.77. The molecule has 0 aromatic rings. The first-order valence-corrected chi connectivity index (χ1v) is 5.34.